The average molecular weight is 530 g/mol. The lowest BCUT2D eigenvalue weighted by atomic mass is 10.0. The van der Waals surface area contributed by atoms with Gasteiger partial charge in [0, 0.05) is 45.3 Å². The van der Waals surface area contributed by atoms with Crippen LogP contribution in [0.5, 0.6) is 0 Å². The number of rotatable bonds is 8. The quantitative estimate of drug-likeness (QED) is 0.308. The van der Waals surface area contributed by atoms with E-state index < -0.39 is 0 Å². The van der Waals surface area contributed by atoms with E-state index in [1.807, 2.05) is 0 Å². The second kappa shape index (κ2) is 14.2. The van der Waals surface area contributed by atoms with Crippen molar-refractivity contribution < 1.29 is 4.74 Å². The molecule has 0 spiro atoms. The van der Waals surface area contributed by atoms with Crippen LogP contribution in [0.1, 0.15) is 44.2 Å². The maximum absolute atomic E-state index is 5.41. The summed E-state index contributed by atoms with van der Waals surface area (Å²) in [5.74, 6) is 0.895. The van der Waals surface area contributed by atoms with Gasteiger partial charge in [-0.1, -0.05) is 30.7 Å². The van der Waals surface area contributed by atoms with Gasteiger partial charge < -0.3 is 15.4 Å². The summed E-state index contributed by atoms with van der Waals surface area (Å²) >= 11 is 0. The van der Waals surface area contributed by atoms with E-state index in [1.54, 1.807) is 0 Å². The van der Waals surface area contributed by atoms with Gasteiger partial charge in [0.25, 0.3) is 0 Å². The lowest BCUT2D eigenvalue weighted by molar-refractivity contribution is 0.0389. The first kappa shape index (κ1) is 25.4. The minimum atomic E-state index is 0. The summed E-state index contributed by atoms with van der Waals surface area (Å²) in [6.07, 6.45) is 4.05. The lowest BCUT2D eigenvalue weighted by Crippen LogP contribution is -2.44. The van der Waals surface area contributed by atoms with Gasteiger partial charge in [0.05, 0.1) is 19.8 Å². The molecule has 2 aliphatic heterocycles. The van der Waals surface area contributed by atoms with Crippen LogP contribution < -0.4 is 10.6 Å². The molecule has 0 saturated carbocycles. The maximum Gasteiger partial charge on any atom is 0.191 e. The normalized spacial score (nSPS) is 21.1. The highest BCUT2D eigenvalue weighted by Crippen LogP contribution is 2.19. The second-order valence-corrected chi connectivity index (χ2v) is 8.21. The van der Waals surface area contributed by atoms with E-state index in [0.29, 0.717) is 12.6 Å². The molecule has 170 valence electrons. The van der Waals surface area contributed by atoms with Crippen LogP contribution in [0.2, 0.25) is 0 Å². The molecule has 2 saturated heterocycles. The summed E-state index contributed by atoms with van der Waals surface area (Å²) in [7, 11) is 0. The number of halogens is 1. The number of aliphatic imine (C=N–C) groups is 1. The Morgan fingerprint density at radius 3 is 2.50 bits per heavy atom. The number of guanidine groups is 1. The fourth-order valence-corrected chi connectivity index (χ4v) is 4.05. The molecule has 2 N–H and O–H groups in total. The highest BCUT2D eigenvalue weighted by Gasteiger charge is 2.17. The van der Waals surface area contributed by atoms with Crippen molar-refractivity contribution in [1.82, 2.24) is 20.4 Å². The molecule has 0 radical (unpaired) electrons. The van der Waals surface area contributed by atoms with Gasteiger partial charge in [-0.05, 0) is 44.4 Å². The third-order valence-corrected chi connectivity index (χ3v) is 5.94. The van der Waals surface area contributed by atoms with Gasteiger partial charge in [-0.2, -0.15) is 0 Å². The van der Waals surface area contributed by atoms with Crippen molar-refractivity contribution in [2.45, 2.75) is 52.2 Å². The number of ether oxygens (including phenoxy) is 1. The van der Waals surface area contributed by atoms with E-state index in [9.17, 15) is 0 Å². The van der Waals surface area contributed by atoms with Gasteiger partial charge in [-0.25, -0.2) is 4.99 Å². The Kier molecular flexibility index (Phi) is 12.0. The van der Waals surface area contributed by atoms with Crippen molar-refractivity contribution >= 4 is 29.9 Å². The molecule has 1 aromatic rings. The number of nitrogens with one attached hydrogen (secondary N) is 2. The summed E-state index contributed by atoms with van der Waals surface area (Å²) in [4.78, 5) is 9.81. The minimum Gasteiger partial charge on any atom is -0.379 e. The minimum absolute atomic E-state index is 0. The van der Waals surface area contributed by atoms with E-state index in [-0.39, 0.29) is 24.0 Å². The van der Waals surface area contributed by atoms with E-state index in [4.69, 9.17) is 9.73 Å². The van der Waals surface area contributed by atoms with Crippen LogP contribution in [0.3, 0.4) is 0 Å². The van der Waals surface area contributed by atoms with E-state index >= 15 is 0 Å². The van der Waals surface area contributed by atoms with Gasteiger partial charge in [0.1, 0.15) is 0 Å². The third-order valence-electron chi connectivity index (χ3n) is 5.94. The molecule has 1 aromatic carbocycles. The molecule has 0 amide bonds. The van der Waals surface area contributed by atoms with E-state index in [1.165, 1.54) is 36.9 Å². The van der Waals surface area contributed by atoms with Crippen molar-refractivity contribution in [2.75, 3.05) is 52.5 Å². The lowest BCUT2D eigenvalue weighted by Gasteiger charge is -2.33. The standard InChI is InChI=1S/C23H39N5O.HI/c1-3-24-23(25-11-13-27-14-16-29-17-15-27)26-18-21-7-9-22(10-8-21)19-28-12-5-4-6-20(28)2;/h7-10,20H,3-6,11-19H2,1-2H3,(H2,24,25,26);1H. The Hall–Kier alpha value is -0.900. The Labute approximate surface area is 199 Å². The van der Waals surface area contributed by atoms with Crippen LogP contribution in [0.25, 0.3) is 0 Å². The third kappa shape index (κ3) is 8.69. The Morgan fingerprint density at radius 1 is 1.07 bits per heavy atom. The zero-order valence-corrected chi connectivity index (χ0v) is 21.1. The smallest absolute Gasteiger partial charge is 0.191 e. The molecular weight excluding hydrogens is 489 g/mol. The number of morpholine rings is 1. The molecule has 0 aromatic heterocycles. The molecule has 1 unspecified atom stereocenters. The van der Waals surface area contributed by atoms with Crippen LogP contribution >= 0.6 is 24.0 Å². The van der Waals surface area contributed by atoms with Crippen LogP contribution in [0.15, 0.2) is 29.3 Å². The monoisotopic (exact) mass is 529 g/mol. The predicted molar refractivity (Wildman–Crippen MR) is 136 cm³/mol. The average Bonchev–Trinajstić information content (AvgIpc) is 2.75. The molecule has 7 heteroatoms. The first-order chi connectivity index (χ1) is 14.2. The summed E-state index contributed by atoms with van der Waals surface area (Å²) in [6, 6.07) is 9.70. The Morgan fingerprint density at radius 2 is 1.80 bits per heavy atom. The largest absolute Gasteiger partial charge is 0.379 e. The molecule has 0 aliphatic carbocycles. The number of benzene rings is 1. The Balaban J connectivity index is 0.00000320. The van der Waals surface area contributed by atoms with E-state index in [2.05, 4.69) is 58.5 Å². The second-order valence-electron chi connectivity index (χ2n) is 8.21. The zero-order valence-electron chi connectivity index (χ0n) is 18.7. The topological polar surface area (TPSA) is 52.1 Å². The van der Waals surface area contributed by atoms with Crippen molar-refractivity contribution in [3.8, 4) is 0 Å². The van der Waals surface area contributed by atoms with Crippen LogP contribution in [-0.2, 0) is 17.8 Å². The zero-order chi connectivity index (χ0) is 20.3. The van der Waals surface area contributed by atoms with Gasteiger partial charge >= 0.3 is 0 Å². The Bertz CT molecular complexity index is 619. The molecular formula is C23H40IN5O. The molecule has 2 aliphatic rings. The molecule has 3 rings (SSSR count). The van der Waals surface area contributed by atoms with Crippen LogP contribution in [0.4, 0.5) is 0 Å². The van der Waals surface area contributed by atoms with Crippen LogP contribution in [-0.4, -0.2) is 74.3 Å². The van der Waals surface area contributed by atoms with Gasteiger partial charge in [0.15, 0.2) is 5.96 Å². The molecule has 30 heavy (non-hydrogen) atoms. The summed E-state index contributed by atoms with van der Waals surface area (Å²) < 4.78 is 5.41. The van der Waals surface area contributed by atoms with Crippen molar-refractivity contribution in [3.63, 3.8) is 0 Å². The van der Waals surface area contributed by atoms with Crippen molar-refractivity contribution in [2.24, 2.45) is 4.99 Å². The van der Waals surface area contributed by atoms with Crippen LogP contribution in [0, 0.1) is 0 Å². The molecule has 2 fully saturated rings. The fraction of sp³-hybridized carbons (Fsp3) is 0.696. The summed E-state index contributed by atoms with van der Waals surface area (Å²) in [5.41, 5.74) is 2.66. The number of likely N-dealkylation sites (tertiary alicyclic amines) is 1. The molecule has 0 bridgehead atoms. The molecule has 2 heterocycles. The first-order valence-corrected chi connectivity index (χ1v) is 11.4. The predicted octanol–water partition coefficient (Wildman–Crippen LogP) is 3.07. The van der Waals surface area contributed by atoms with Gasteiger partial charge in [0.2, 0.25) is 0 Å². The number of hydrogen-bond donors (Lipinski definition) is 2. The maximum atomic E-state index is 5.41. The number of nitrogens with zero attached hydrogens (tertiary/aromatic N) is 3. The number of hydrogen-bond acceptors (Lipinski definition) is 4. The highest BCUT2D eigenvalue weighted by atomic mass is 127. The molecule has 6 nitrogen and oxygen atoms in total. The fourth-order valence-electron chi connectivity index (χ4n) is 4.05. The summed E-state index contributed by atoms with van der Waals surface area (Å²) in [6.45, 7) is 14.0. The summed E-state index contributed by atoms with van der Waals surface area (Å²) in [5, 5.41) is 6.81. The van der Waals surface area contributed by atoms with Gasteiger partial charge in [-0.15, -0.1) is 24.0 Å². The van der Waals surface area contributed by atoms with Crippen molar-refractivity contribution in [1.29, 1.82) is 0 Å². The first-order valence-electron chi connectivity index (χ1n) is 11.4. The molecule has 1 atom stereocenters. The van der Waals surface area contributed by atoms with E-state index in [0.717, 1.165) is 58.4 Å². The highest BCUT2D eigenvalue weighted by molar-refractivity contribution is 14.0. The SMILES string of the molecule is CCNC(=NCc1ccc(CN2CCCCC2C)cc1)NCCN1CCOCC1.I. The van der Waals surface area contributed by atoms with Crippen molar-refractivity contribution in [3.05, 3.63) is 35.4 Å². The van der Waals surface area contributed by atoms with Gasteiger partial charge in [-0.3, -0.25) is 9.80 Å². The number of piperidine rings is 1.